The van der Waals surface area contributed by atoms with Crippen LogP contribution in [0.2, 0.25) is 0 Å². The Morgan fingerprint density at radius 3 is 2.71 bits per heavy atom. The van der Waals surface area contributed by atoms with Gasteiger partial charge in [-0.1, -0.05) is 6.92 Å². The van der Waals surface area contributed by atoms with Crippen LogP contribution in [0.5, 0.6) is 0 Å². The molecule has 5 nitrogen and oxygen atoms in total. The Kier molecular flexibility index (Phi) is 5.69. The third-order valence-electron chi connectivity index (χ3n) is 2.45. The van der Waals surface area contributed by atoms with E-state index < -0.39 is 0 Å². The lowest BCUT2D eigenvalue weighted by Crippen LogP contribution is -2.27. The minimum Gasteiger partial charge on any atom is -0.395 e. The molecule has 1 heterocycles. The van der Waals surface area contributed by atoms with Crippen LogP contribution in [-0.4, -0.2) is 41.3 Å². The summed E-state index contributed by atoms with van der Waals surface area (Å²) in [4.78, 5) is 10.8. The number of aromatic nitrogens is 2. The summed E-state index contributed by atoms with van der Waals surface area (Å²) < 4.78 is 0. The number of nitrogens with one attached hydrogen (secondary N) is 1. The first kappa shape index (κ1) is 13.7. The Morgan fingerprint density at radius 2 is 2.12 bits per heavy atom. The Bertz CT molecular complexity index is 343. The van der Waals surface area contributed by atoms with Gasteiger partial charge in [0.2, 0.25) is 5.95 Å². The molecule has 0 radical (unpaired) electrons. The van der Waals surface area contributed by atoms with Crippen molar-refractivity contribution < 1.29 is 5.11 Å². The summed E-state index contributed by atoms with van der Waals surface area (Å²) in [7, 11) is 0. The van der Waals surface area contributed by atoms with E-state index in [-0.39, 0.29) is 6.61 Å². The Morgan fingerprint density at radius 1 is 1.35 bits per heavy atom. The summed E-state index contributed by atoms with van der Waals surface area (Å²) >= 11 is 0. The van der Waals surface area contributed by atoms with Crippen molar-refractivity contribution >= 4 is 11.8 Å². The fourth-order valence-corrected chi connectivity index (χ4v) is 1.59. The highest BCUT2D eigenvalue weighted by Crippen LogP contribution is 2.14. The maximum Gasteiger partial charge on any atom is 0.224 e. The second kappa shape index (κ2) is 7.06. The fraction of sp³-hybridized carbons (Fsp3) is 0.667. The monoisotopic (exact) mass is 238 g/mol. The molecule has 0 saturated heterocycles. The minimum absolute atomic E-state index is 0.134. The molecule has 0 aromatic carbocycles. The van der Waals surface area contributed by atoms with Crippen LogP contribution >= 0.6 is 0 Å². The third-order valence-corrected chi connectivity index (χ3v) is 2.45. The predicted octanol–water partition coefficient (Wildman–Crippen LogP) is 1.43. The molecule has 96 valence electrons. The largest absolute Gasteiger partial charge is 0.395 e. The molecule has 0 aliphatic carbocycles. The summed E-state index contributed by atoms with van der Waals surface area (Å²) in [6.07, 6.45) is 1.04. The number of hydrogen-bond acceptors (Lipinski definition) is 5. The van der Waals surface area contributed by atoms with Gasteiger partial charge in [0.1, 0.15) is 5.82 Å². The average molecular weight is 238 g/mol. The van der Waals surface area contributed by atoms with E-state index in [1.807, 2.05) is 24.8 Å². The fourth-order valence-electron chi connectivity index (χ4n) is 1.59. The SMILES string of the molecule is CCCNc1nc(C)cc(N(CC)CCO)n1. The third kappa shape index (κ3) is 4.19. The van der Waals surface area contributed by atoms with Gasteiger partial charge in [-0.2, -0.15) is 4.98 Å². The number of nitrogens with zero attached hydrogens (tertiary/aromatic N) is 3. The summed E-state index contributed by atoms with van der Waals surface area (Å²) in [5, 5.41) is 12.2. The summed E-state index contributed by atoms with van der Waals surface area (Å²) in [6, 6.07) is 1.94. The van der Waals surface area contributed by atoms with E-state index >= 15 is 0 Å². The van der Waals surface area contributed by atoms with Crippen molar-refractivity contribution in [2.24, 2.45) is 0 Å². The molecular formula is C12H22N4O. The van der Waals surface area contributed by atoms with Crippen LogP contribution in [0.4, 0.5) is 11.8 Å². The van der Waals surface area contributed by atoms with Crippen molar-refractivity contribution in [2.45, 2.75) is 27.2 Å². The van der Waals surface area contributed by atoms with E-state index in [1.54, 1.807) is 0 Å². The van der Waals surface area contributed by atoms with Gasteiger partial charge in [-0.05, 0) is 20.3 Å². The first-order valence-electron chi connectivity index (χ1n) is 6.16. The molecule has 0 aliphatic rings. The second-order valence-corrected chi connectivity index (χ2v) is 3.92. The number of rotatable bonds is 7. The average Bonchev–Trinajstić information content (AvgIpc) is 2.32. The van der Waals surface area contributed by atoms with Crippen LogP contribution < -0.4 is 10.2 Å². The maximum absolute atomic E-state index is 9.01. The van der Waals surface area contributed by atoms with E-state index in [2.05, 4.69) is 22.2 Å². The number of anilines is 2. The first-order valence-corrected chi connectivity index (χ1v) is 6.16. The lowest BCUT2D eigenvalue weighted by Gasteiger charge is -2.21. The van der Waals surface area contributed by atoms with Gasteiger partial charge in [-0.15, -0.1) is 0 Å². The van der Waals surface area contributed by atoms with E-state index in [9.17, 15) is 0 Å². The van der Waals surface area contributed by atoms with Gasteiger partial charge in [0.25, 0.3) is 0 Å². The maximum atomic E-state index is 9.01. The standard InChI is InChI=1S/C12H22N4O/c1-4-6-13-12-14-10(3)9-11(15-12)16(5-2)7-8-17/h9,17H,4-8H2,1-3H3,(H,13,14,15). The number of aliphatic hydroxyl groups excluding tert-OH is 1. The number of aryl methyl sites for hydroxylation is 1. The van der Waals surface area contributed by atoms with Crippen molar-refractivity contribution in [3.63, 3.8) is 0 Å². The molecule has 17 heavy (non-hydrogen) atoms. The van der Waals surface area contributed by atoms with E-state index in [0.29, 0.717) is 12.5 Å². The molecule has 5 heteroatoms. The lowest BCUT2D eigenvalue weighted by atomic mass is 10.4. The molecule has 0 bridgehead atoms. The summed E-state index contributed by atoms with van der Waals surface area (Å²) in [5.41, 5.74) is 0.935. The molecule has 0 spiro atoms. The van der Waals surface area contributed by atoms with Crippen LogP contribution in [0.1, 0.15) is 26.0 Å². The minimum atomic E-state index is 0.134. The van der Waals surface area contributed by atoms with Gasteiger partial charge in [-0.3, -0.25) is 0 Å². The normalized spacial score (nSPS) is 10.4. The van der Waals surface area contributed by atoms with Crippen LogP contribution in [0.25, 0.3) is 0 Å². The Balaban J connectivity index is 2.86. The van der Waals surface area contributed by atoms with Gasteiger partial charge in [0, 0.05) is 31.4 Å². The highest BCUT2D eigenvalue weighted by atomic mass is 16.3. The van der Waals surface area contributed by atoms with Crippen LogP contribution in [-0.2, 0) is 0 Å². The zero-order chi connectivity index (χ0) is 12.7. The topological polar surface area (TPSA) is 61.3 Å². The summed E-state index contributed by atoms with van der Waals surface area (Å²) in [6.45, 7) is 8.53. The molecule has 0 atom stereocenters. The number of likely N-dealkylation sites (N-methyl/N-ethyl adjacent to an activating group) is 1. The quantitative estimate of drug-likeness (QED) is 0.752. The lowest BCUT2D eigenvalue weighted by molar-refractivity contribution is 0.302. The first-order chi connectivity index (χ1) is 8.21. The molecule has 0 aliphatic heterocycles. The molecule has 1 aromatic heterocycles. The van der Waals surface area contributed by atoms with Crippen LogP contribution in [0.15, 0.2) is 6.07 Å². The molecule has 1 rings (SSSR count). The van der Waals surface area contributed by atoms with Crippen molar-refractivity contribution in [3.05, 3.63) is 11.8 Å². The van der Waals surface area contributed by atoms with Crippen LogP contribution in [0.3, 0.4) is 0 Å². The zero-order valence-electron chi connectivity index (χ0n) is 10.9. The smallest absolute Gasteiger partial charge is 0.224 e. The van der Waals surface area contributed by atoms with Gasteiger partial charge < -0.3 is 15.3 Å². The van der Waals surface area contributed by atoms with E-state index in [4.69, 9.17) is 5.11 Å². The number of aliphatic hydroxyl groups is 1. The van der Waals surface area contributed by atoms with Gasteiger partial charge in [0.05, 0.1) is 6.61 Å². The Hall–Kier alpha value is -1.36. The van der Waals surface area contributed by atoms with Gasteiger partial charge in [0.15, 0.2) is 0 Å². The van der Waals surface area contributed by atoms with Crippen molar-refractivity contribution in [2.75, 3.05) is 36.5 Å². The molecule has 0 saturated carbocycles. The van der Waals surface area contributed by atoms with Crippen molar-refractivity contribution in [1.82, 2.24) is 9.97 Å². The van der Waals surface area contributed by atoms with E-state index in [0.717, 1.165) is 31.0 Å². The van der Waals surface area contributed by atoms with Gasteiger partial charge in [-0.25, -0.2) is 4.98 Å². The zero-order valence-corrected chi connectivity index (χ0v) is 10.9. The highest BCUT2D eigenvalue weighted by Gasteiger charge is 2.08. The van der Waals surface area contributed by atoms with Crippen molar-refractivity contribution in [3.8, 4) is 0 Å². The number of hydrogen-bond donors (Lipinski definition) is 2. The molecule has 1 aromatic rings. The molecule has 2 N–H and O–H groups in total. The molecule has 0 fully saturated rings. The van der Waals surface area contributed by atoms with Crippen molar-refractivity contribution in [1.29, 1.82) is 0 Å². The summed E-state index contributed by atoms with van der Waals surface area (Å²) in [5.74, 6) is 1.53. The predicted molar refractivity (Wildman–Crippen MR) is 70.5 cm³/mol. The highest BCUT2D eigenvalue weighted by molar-refractivity contribution is 5.44. The molecule has 0 unspecified atom stereocenters. The van der Waals surface area contributed by atoms with Crippen LogP contribution in [0, 0.1) is 6.92 Å². The second-order valence-electron chi connectivity index (χ2n) is 3.92. The van der Waals surface area contributed by atoms with Gasteiger partial charge >= 0.3 is 0 Å². The Labute approximate surface area is 103 Å². The van der Waals surface area contributed by atoms with E-state index in [1.165, 1.54) is 0 Å². The molecular weight excluding hydrogens is 216 g/mol. The molecule has 0 amide bonds.